The van der Waals surface area contributed by atoms with Gasteiger partial charge in [-0.25, -0.2) is 0 Å². The number of para-hydroxylation sites is 2. The molecule has 1 saturated heterocycles. The van der Waals surface area contributed by atoms with E-state index in [1.807, 2.05) is 43.3 Å². The van der Waals surface area contributed by atoms with Gasteiger partial charge < -0.3 is 20.1 Å². The highest BCUT2D eigenvalue weighted by Gasteiger charge is 2.33. The third-order valence-electron chi connectivity index (χ3n) is 5.78. The molecule has 1 aliphatic rings. The lowest BCUT2D eigenvalue weighted by atomic mass is 10.1. The van der Waals surface area contributed by atoms with E-state index >= 15 is 0 Å². The van der Waals surface area contributed by atoms with E-state index in [1.54, 1.807) is 11.0 Å². The normalized spacial score (nSPS) is 15.8. The molecule has 0 bridgehead atoms. The van der Waals surface area contributed by atoms with Crippen LogP contribution in [0.4, 0.5) is 5.69 Å². The molecule has 1 atom stereocenters. The molecular formula is C27H35N3O5. The van der Waals surface area contributed by atoms with Crippen molar-refractivity contribution in [1.82, 2.24) is 10.2 Å². The van der Waals surface area contributed by atoms with Crippen LogP contribution in [0.5, 0.6) is 5.75 Å². The maximum absolute atomic E-state index is 12.8. The SMILES string of the molecule is CCCCOC(=O)CC1C(=O)NCCN1CC(=O)Nc1ccccc1OCCCc1ccccc1. The molecule has 2 N–H and O–H groups in total. The Balaban J connectivity index is 1.51. The van der Waals surface area contributed by atoms with Gasteiger partial charge in [0.2, 0.25) is 11.8 Å². The van der Waals surface area contributed by atoms with Gasteiger partial charge in [-0.05, 0) is 37.0 Å². The average Bonchev–Trinajstić information content (AvgIpc) is 2.86. The van der Waals surface area contributed by atoms with E-state index in [2.05, 4.69) is 22.8 Å². The highest BCUT2D eigenvalue weighted by Crippen LogP contribution is 2.24. The van der Waals surface area contributed by atoms with Crippen molar-refractivity contribution >= 4 is 23.5 Å². The molecule has 188 valence electrons. The van der Waals surface area contributed by atoms with Crippen LogP contribution in [0.15, 0.2) is 54.6 Å². The fourth-order valence-corrected chi connectivity index (χ4v) is 3.89. The molecule has 0 saturated carbocycles. The first kappa shape index (κ1) is 26.2. The second-order valence-electron chi connectivity index (χ2n) is 8.54. The van der Waals surface area contributed by atoms with Crippen molar-refractivity contribution in [2.24, 2.45) is 0 Å². The van der Waals surface area contributed by atoms with Crippen molar-refractivity contribution in [1.29, 1.82) is 0 Å². The zero-order chi connectivity index (χ0) is 24.9. The first-order valence-corrected chi connectivity index (χ1v) is 12.3. The Bertz CT molecular complexity index is 966. The number of hydrogen-bond donors (Lipinski definition) is 2. The molecule has 1 heterocycles. The summed E-state index contributed by atoms with van der Waals surface area (Å²) in [4.78, 5) is 39.1. The molecule has 2 aromatic carbocycles. The molecule has 8 heteroatoms. The summed E-state index contributed by atoms with van der Waals surface area (Å²) in [5.41, 5.74) is 1.83. The second-order valence-corrected chi connectivity index (χ2v) is 8.54. The number of nitrogens with one attached hydrogen (secondary N) is 2. The van der Waals surface area contributed by atoms with Gasteiger partial charge in [-0.15, -0.1) is 0 Å². The van der Waals surface area contributed by atoms with Crippen LogP contribution in [0, 0.1) is 0 Å². The van der Waals surface area contributed by atoms with E-state index in [0.29, 0.717) is 37.7 Å². The molecule has 2 aromatic rings. The van der Waals surface area contributed by atoms with Crippen molar-refractivity contribution in [3.63, 3.8) is 0 Å². The highest BCUT2D eigenvalue weighted by atomic mass is 16.5. The summed E-state index contributed by atoms with van der Waals surface area (Å²) in [6.45, 7) is 3.76. The third-order valence-corrected chi connectivity index (χ3v) is 5.78. The van der Waals surface area contributed by atoms with Gasteiger partial charge in [-0.3, -0.25) is 19.3 Å². The van der Waals surface area contributed by atoms with Crippen LogP contribution in [0.3, 0.4) is 0 Å². The summed E-state index contributed by atoms with van der Waals surface area (Å²) in [6, 6.07) is 16.8. The standard InChI is InChI=1S/C27H35N3O5/c1-2-3-17-35-26(32)19-23-27(33)28-15-16-30(23)20-25(31)29-22-13-7-8-14-24(22)34-18-9-12-21-10-5-4-6-11-21/h4-8,10-11,13-14,23H,2-3,9,12,15-20H2,1H3,(H,28,33)(H,29,31). The van der Waals surface area contributed by atoms with E-state index in [9.17, 15) is 14.4 Å². The van der Waals surface area contributed by atoms with Gasteiger partial charge in [0.05, 0.1) is 31.9 Å². The molecule has 0 aliphatic carbocycles. The number of carbonyl (C=O) groups is 3. The summed E-state index contributed by atoms with van der Waals surface area (Å²) >= 11 is 0. The third kappa shape index (κ3) is 8.72. The molecule has 0 aromatic heterocycles. The maximum atomic E-state index is 12.8. The Kier molecular flexibility index (Phi) is 10.6. The molecule has 35 heavy (non-hydrogen) atoms. The zero-order valence-electron chi connectivity index (χ0n) is 20.3. The van der Waals surface area contributed by atoms with Gasteiger partial charge in [-0.1, -0.05) is 55.8 Å². The molecule has 1 fully saturated rings. The minimum Gasteiger partial charge on any atom is -0.491 e. The number of hydrogen-bond acceptors (Lipinski definition) is 6. The van der Waals surface area contributed by atoms with Gasteiger partial charge in [0.25, 0.3) is 0 Å². The van der Waals surface area contributed by atoms with E-state index in [0.717, 1.165) is 25.7 Å². The Morgan fingerprint density at radius 2 is 1.83 bits per heavy atom. The first-order chi connectivity index (χ1) is 17.1. The molecule has 1 aliphatic heterocycles. The van der Waals surface area contributed by atoms with Crippen LogP contribution in [-0.2, 0) is 25.5 Å². The van der Waals surface area contributed by atoms with Crippen LogP contribution in [0.2, 0.25) is 0 Å². The predicted molar refractivity (Wildman–Crippen MR) is 134 cm³/mol. The summed E-state index contributed by atoms with van der Waals surface area (Å²) < 4.78 is 11.1. The summed E-state index contributed by atoms with van der Waals surface area (Å²) in [5, 5.41) is 5.66. The number of unbranched alkanes of at least 4 members (excludes halogenated alkanes) is 1. The van der Waals surface area contributed by atoms with Gasteiger partial charge >= 0.3 is 5.97 Å². The van der Waals surface area contributed by atoms with Crippen molar-refractivity contribution in [2.45, 2.75) is 45.1 Å². The number of piperazine rings is 1. The van der Waals surface area contributed by atoms with E-state index < -0.39 is 12.0 Å². The fourth-order valence-electron chi connectivity index (χ4n) is 3.89. The van der Waals surface area contributed by atoms with Gasteiger partial charge in [0.15, 0.2) is 0 Å². The molecule has 8 nitrogen and oxygen atoms in total. The lowest BCUT2D eigenvalue weighted by Crippen LogP contribution is -2.57. The monoisotopic (exact) mass is 481 g/mol. The minimum absolute atomic E-state index is 0.0112. The van der Waals surface area contributed by atoms with Crippen LogP contribution < -0.4 is 15.4 Å². The number of rotatable bonds is 13. The number of carbonyl (C=O) groups excluding carboxylic acids is 3. The molecule has 0 radical (unpaired) electrons. The zero-order valence-corrected chi connectivity index (χ0v) is 20.3. The fraction of sp³-hybridized carbons (Fsp3) is 0.444. The van der Waals surface area contributed by atoms with Gasteiger partial charge in [0, 0.05) is 13.1 Å². The number of anilines is 1. The first-order valence-electron chi connectivity index (χ1n) is 12.3. The molecular weight excluding hydrogens is 446 g/mol. The quantitative estimate of drug-likeness (QED) is 0.337. The molecule has 3 rings (SSSR count). The Morgan fingerprint density at radius 3 is 2.63 bits per heavy atom. The largest absolute Gasteiger partial charge is 0.491 e. The van der Waals surface area contributed by atoms with Gasteiger partial charge in [-0.2, -0.15) is 0 Å². The average molecular weight is 482 g/mol. The van der Waals surface area contributed by atoms with E-state index in [4.69, 9.17) is 9.47 Å². The lowest BCUT2D eigenvalue weighted by Gasteiger charge is -2.33. The second kappa shape index (κ2) is 14.1. The number of benzene rings is 2. The smallest absolute Gasteiger partial charge is 0.307 e. The maximum Gasteiger partial charge on any atom is 0.307 e. The topological polar surface area (TPSA) is 97.0 Å². The summed E-state index contributed by atoms with van der Waals surface area (Å²) in [6.07, 6.45) is 3.38. The van der Waals surface area contributed by atoms with Crippen molar-refractivity contribution in [3.05, 3.63) is 60.2 Å². The van der Waals surface area contributed by atoms with Crippen molar-refractivity contribution < 1.29 is 23.9 Å². The van der Waals surface area contributed by atoms with Crippen LogP contribution in [0.25, 0.3) is 0 Å². The number of ether oxygens (including phenoxy) is 2. The summed E-state index contributed by atoms with van der Waals surface area (Å²) in [5.74, 6) is -0.371. The van der Waals surface area contributed by atoms with Crippen LogP contribution >= 0.6 is 0 Å². The number of esters is 1. The molecule has 0 spiro atoms. The van der Waals surface area contributed by atoms with Crippen molar-refractivity contribution in [3.8, 4) is 5.75 Å². The number of aryl methyl sites for hydroxylation is 1. The van der Waals surface area contributed by atoms with Crippen molar-refractivity contribution in [2.75, 3.05) is 38.2 Å². The number of amides is 2. The Labute approximate surface area is 207 Å². The lowest BCUT2D eigenvalue weighted by molar-refractivity contribution is -0.149. The number of nitrogens with zero attached hydrogens (tertiary/aromatic N) is 1. The predicted octanol–water partition coefficient (Wildman–Crippen LogP) is 3.17. The Hall–Kier alpha value is -3.39. The highest BCUT2D eigenvalue weighted by molar-refractivity contribution is 5.94. The summed E-state index contributed by atoms with van der Waals surface area (Å²) in [7, 11) is 0. The molecule has 2 amide bonds. The van der Waals surface area contributed by atoms with Gasteiger partial charge in [0.1, 0.15) is 11.8 Å². The Morgan fingerprint density at radius 1 is 1.06 bits per heavy atom. The minimum atomic E-state index is -0.729. The van der Waals surface area contributed by atoms with E-state index in [1.165, 1.54) is 5.56 Å². The van der Waals surface area contributed by atoms with Crippen LogP contribution in [-0.4, -0.2) is 61.6 Å². The van der Waals surface area contributed by atoms with E-state index in [-0.39, 0.29) is 24.8 Å². The van der Waals surface area contributed by atoms with Crippen LogP contribution in [0.1, 0.15) is 38.2 Å². The molecule has 1 unspecified atom stereocenters.